The number of sulfone groups is 1. The quantitative estimate of drug-likeness (QED) is 0.304. The highest BCUT2D eigenvalue weighted by molar-refractivity contribution is 7.90. The zero-order chi connectivity index (χ0) is 34.7. The smallest absolute Gasteiger partial charge is 0.326 e. The third kappa shape index (κ3) is 5.95. The van der Waals surface area contributed by atoms with E-state index in [1.807, 2.05) is 5.32 Å². The number of hydrogen-bond donors (Lipinski definition) is 2. The summed E-state index contributed by atoms with van der Waals surface area (Å²) in [6.07, 6.45) is -1.02. The molecule has 1 atom stereocenters. The Kier molecular flexibility index (Phi) is 5.96. The summed E-state index contributed by atoms with van der Waals surface area (Å²) in [5.74, 6) is -3.48. The molecule has 12 heteroatoms. The molecule has 0 radical (unpaired) electrons. The minimum absolute atomic E-state index is 0.0781. The summed E-state index contributed by atoms with van der Waals surface area (Å²) >= 11 is 13.0. The van der Waals surface area contributed by atoms with Crippen molar-refractivity contribution in [1.82, 2.24) is 10.2 Å². The molecule has 5 rings (SSSR count). The molecule has 4 aromatic rings. The van der Waals surface area contributed by atoms with E-state index in [1.165, 1.54) is 12.3 Å². The van der Waals surface area contributed by atoms with Crippen LogP contribution in [0.1, 0.15) is 45.6 Å². The standard InChI is InChI=1S/C29H24Cl2N2O7S/c1-41(38,39)20-4-2-3-16(11-20)12-23(29(36)37)32-27(34)25-22(30)13-19-15-33(9-7-21(19)26(25)31)28(35)18-6-5-17-8-10-40-24(17)14-18/h2-6,8,10-11,13-14,23H,7,9,12,15H2,1H3,(H,32,34)(H,36,37)/t23-/m0/s1/i2D,3D,4D,11D,12D2. The van der Waals surface area contributed by atoms with E-state index in [9.17, 15) is 27.9 Å². The summed E-state index contributed by atoms with van der Waals surface area (Å²) < 4.78 is 79.5. The number of nitrogens with one attached hydrogen (secondary N) is 1. The van der Waals surface area contributed by atoms with E-state index < -0.39 is 74.3 Å². The van der Waals surface area contributed by atoms with Crippen molar-refractivity contribution in [3.63, 3.8) is 0 Å². The maximum absolute atomic E-state index is 13.5. The Morgan fingerprint density at radius 2 is 2.00 bits per heavy atom. The lowest BCUT2D eigenvalue weighted by Gasteiger charge is -2.30. The minimum atomic E-state index is -4.39. The number of nitrogens with zero attached hydrogens (tertiary/aromatic N) is 1. The van der Waals surface area contributed by atoms with Crippen LogP contribution in [0.2, 0.25) is 10.0 Å². The first kappa shape index (κ1) is 21.8. The molecule has 2 amide bonds. The van der Waals surface area contributed by atoms with Crippen LogP contribution in [0.4, 0.5) is 0 Å². The lowest BCUT2D eigenvalue weighted by Crippen LogP contribution is -2.42. The van der Waals surface area contributed by atoms with Crippen molar-refractivity contribution >= 4 is 61.8 Å². The molecule has 0 fully saturated rings. The molecular formula is C29H24Cl2N2O7S. The van der Waals surface area contributed by atoms with Crippen LogP contribution >= 0.6 is 23.2 Å². The van der Waals surface area contributed by atoms with Crippen LogP contribution in [-0.4, -0.2) is 55.1 Å². The van der Waals surface area contributed by atoms with Crippen molar-refractivity contribution in [3.05, 3.63) is 98.6 Å². The Morgan fingerprint density at radius 1 is 1.22 bits per heavy atom. The maximum atomic E-state index is 13.5. The Balaban J connectivity index is 1.46. The number of carboxylic acid groups (broad SMARTS) is 1. The highest BCUT2D eigenvalue weighted by Crippen LogP contribution is 2.35. The van der Waals surface area contributed by atoms with Gasteiger partial charge in [0.1, 0.15) is 11.6 Å². The zero-order valence-corrected chi connectivity index (χ0v) is 23.5. The molecule has 0 saturated carbocycles. The molecule has 1 aliphatic heterocycles. The lowest BCUT2D eigenvalue weighted by atomic mass is 9.95. The summed E-state index contributed by atoms with van der Waals surface area (Å²) in [5, 5.41) is 12.4. The van der Waals surface area contributed by atoms with E-state index in [0.717, 1.165) is 5.39 Å². The van der Waals surface area contributed by atoms with Crippen molar-refractivity contribution < 1.29 is 40.5 Å². The van der Waals surface area contributed by atoms with Gasteiger partial charge >= 0.3 is 5.97 Å². The third-order valence-corrected chi connectivity index (χ3v) is 8.07. The van der Waals surface area contributed by atoms with Crippen molar-refractivity contribution in [1.29, 1.82) is 0 Å². The molecule has 1 aromatic heterocycles. The van der Waals surface area contributed by atoms with E-state index in [4.69, 9.17) is 35.8 Å². The second kappa shape index (κ2) is 11.2. The van der Waals surface area contributed by atoms with Crippen molar-refractivity contribution in [3.8, 4) is 0 Å². The molecule has 0 spiro atoms. The number of aliphatic carboxylic acids is 1. The highest BCUT2D eigenvalue weighted by Gasteiger charge is 2.30. The van der Waals surface area contributed by atoms with E-state index >= 15 is 0 Å². The number of carboxylic acids is 1. The van der Waals surface area contributed by atoms with Gasteiger partial charge in [-0.15, -0.1) is 0 Å². The molecule has 41 heavy (non-hydrogen) atoms. The SMILES string of the molecule is [2H]c1c([2H])c(C([2H])([2H])[C@H](NC(=O)c2c(Cl)cc3c(c2Cl)CCN(C(=O)c2ccc4ccoc4c2)C3)C(=O)O)c([2H])c(S(C)(=O)=O)c1[2H]. The summed E-state index contributed by atoms with van der Waals surface area (Å²) in [7, 11) is -4.39. The van der Waals surface area contributed by atoms with Gasteiger partial charge in [0.25, 0.3) is 11.8 Å². The molecule has 3 aromatic carbocycles. The average molecular weight is 622 g/mol. The zero-order valence-electron chi connectivity index (χ0n) is 27.2. The number of fused-ring (bicyclic) bond motifs is 2. The molecule has 0 unspecified atom stereocenters. The second-order valence-corrected chi connectivity index (χ2v) is 11.9. The van der Waals surface area contributed by atoms with Gasteiger partial charge < -0.3 is 19.7 Å². The Bertz CT molecular complexity index is 2120. The van der Waals surface area contributed by atoms with Crippen LogP contribution in [0.5, 0.6) is 0 Å². The maximum Gasteiger partial charge on any atom is 0.326 e. The van der Waals surface area contributed by atoms with Crippen LogP contribution in [0.15, 0.2) is 70.1 Å². The van der Waals surface area contributed by atoms with E-state index in [2.05, 4.69) is 0 Å². The Hall–Kier alpha value is -3.86. The molecule has 9 nitrogen and oxygen atoms in total. The highest BCUT2D eigenvalue weighted by atomic mass is 35.5. The minimum Gasteiger partial charge on any atom is -0.480 e. The van der Waals surface area contributed by atoms with Gasteiger partial charge in [-0.05, 0) is 59.5 Å². The van der Waals surface area contributed by atoms with Gasteiger partial charge in [-0.3, -0.25) is 9.59 Å². The van der Waals surface area contributed by atoms with Gasteiger partial charge in [-0.2, -0.15) is 0 Å². The van der Waals surface area contributed by atoms with Crippen LogP contribution in [0.3, 0.4) is 0 Å². The number of carbonyl (C=O) groups is 3. The van der Waals surface area contributed by atoms with Crippen LogP contribution in [0.25, 0.3) is 11.0 Å². The fraction of sp³-hybridized carbons (Fsp3) is 0.207. The molecule has 2 heterocycles. The van der Waals surface area contributed by atoms with E-state index in [-0.39, 0.29) is 35.5 Å². The normalized spacial score (nSPS) is 16.4. The Morgan fingerprint density at radius 3 is 2.73 bits per heavy atom. The van der Waals surface area contributed by atoms with Crippen LogP contribution in [0, 0.1) is 0 Å². The van der Waals surface area contributed by atoms with Crippen LogP contribution in [-0.2, 0) is 34.0 Å². The number of furan rings is 1. The summed E-state index contributed by atoms with van der Waals surface area (Å²) in [6, 6.07) is 1.32. The molecule has 0 aliphatic carbocycles. The first-order valence-electron chi connectivity index (χ1n) is 15.0. The number of amides is 2. The van der Waals surface area contributed by atoms with Crippen molar-refractivity contribution in [2.45, 2.75) is 30.3 Å². The first-order chi connectivity index (χ1) is 21.9. The number of rotatable bonds is 7. The fourth-order valence-electron chi connectivity index (χ4n) is 4.39. The topological polar surface area (TPSA) is 134 Å². The lowest BCUT2D eigenvalue weighted by molar-refractivity contribution is -0.139. The van der Waals surface area contributed by atoms with E-state index in [0.29, 0.717) is 28.5 Å². The van der Waals surface area contributed by atoms with Gasteiger partial charge in [-0.25, -0.2) is 13.2 Å². The van der Waals surface area contributed by atoms with Gasteiger partial charge in [-0.1, -0.05) is 41.4 Å². The number of hydrogen-bond acceptors (Lipinski definition) is 6. The van der Waals surface area contributed by atoms with Gasteiger partial charge in [0.05, 0.1) is 32.3 Å². The number of benzene rings is 3. The summed E-state index contributed by atoms with van der Waals surface area (Å²) in [4.78, 5) is 39.6. The predicted molar refractivity (Wildman–Crippen MR) is 153 cm³/mol. The largest absolute Gasteiger partial charge is 0.480 e. The molecule has 1 aliphatic rings. The third-order valence-electron chi connectivity index (χ3n) is 6.41. The molecular weight excluding hydrogens is 591 g/mol. The fourth-order valence-corrected chi connectivity index (χ4v) is 5.68. The molecule has 0 bridgehead atoms. The Labute approximate surface area is 254 Å². The van der Waals surface area contributed by atoms with Gasteiger partial charge in [0.2, 0.25) is 0 Å². The van der Waals surface area contributed by atoms with Crippen molar-refractivity contribution in [2.75, 3.05) is 12.8 Å². The van der Waals surface area contributed by atoms with Crippen molar-refractivity contribution in [2.24, 2.45) is 0 Å². The van der Waals surface area contributed by atoms with Gasteiger partial charge in [0, 0.05) is 39.4 Å². The summed E-state index contributed by atoms with van der Waals surface area (Å²) in [5.41, 5.74) is 0.389. The molecule has 2 N–H and O–H groups in total. The molecule has 0 saturated heterocycles. The first-order valence-corrected chi connectivity index (χ1v) is 14.6. The average Bonchev–Trinajstić information content (AvgIpc) is 3.45. The van der Waals surface area contributed by atoms with E-state index in [1.54, 1.807) is 29.2 Å². The summed E-state index contributed by atoms with van der Waals surface area (Å²) in [6.45, 7) is 0.280. The molecule has 212 valence electrons. The number of halogens is 2. The van der Waals surface area contributed by atoms with Crippen LogP contribution < -0.4 is 5.32 Å². The predicted octanol–water partition coefficient (Wildman–Crippen LogP) is 4.77. The second-order valence-electron chi connectivity index (χ2n) is 9.20. The van der Waals surface area contributed by atoms with Gasteiger partial charge in [0.15, 0.2) is 9.84 Å². The monoisotopic (exact) mass is 620 g/mol. The number of carbonyl (C=O) groups excluding carboxylic acids is 2.